The number of para-hydroxylation sites is 1. The monoisotopic (exact) mass is 457 g/mol. The topological polar surface area (TPSA) is 61.9 Å². The molecule has 176 valence electrons. The average Bonchev–Trinajstić information content (AvgIpc) is 3.05. The molecule has 6 heteroatoms. The molecule has 0 aromatic heterocycles. The van der Waals surface area contributed by atoms with Gasteiger partial charge in [-0.3, -0.25) is 4.79 Å². The van der Waals surface area contributed by atoms with E-state index in [1.165, 1.54) is 0 Å². The summed E-state index contributed by atoms with van der Waals surface area (Å²) in [7, 11) is 0. The first-order chi connectivity index (χ1) is 16.4. The Morgan fingerprint density at radius 2 is 1.82 bits per heavy atom. The first-order valence-electron chi connectivity index (χ1n) is 11.7. The maximum atomic E-state index is 13.1. The van der Waals surface area contributed by atoms with Crippen LogP contribution in [0.2, 0.25) is 0 Å². The fourth-order valence-electron chi connectivity index (χ4n) is 4.16. The number of rotatable bonds is 5. The molecular weight excluding hydrogens is 426 g/mol. The normalized spacial score (nSPS) is 12.9. The van der Waals surface area contributed by atoms with Crippen LogP contribution < -0.4 is 15.0 Å². The zero-order chi connectivity index (χ0) is 24.1. The molecule has 0 bridgehead atoms. The number of carbonyl (C=O) groups excluding carboxylic acids is 2. The minimum atomic E-state index is -0.146. The lowest BCUT2D eigenvalue weighted by atomic mass is 10.1. The van der Waals surface area contributed by atoms with Gasteiger partial charge in [-0.1, -0.05) is 48.9 Å². The summed E-state index contributed by atoms with van der Waals surface area (Å²) in [5.74, 6) is 0.753. The van der Waals surface area contributed by atoms with E-state index in [2.05, 4.69) is 12.2 Å². The Hall–Kier alpha value is -3.80. The van der Waals surface area contributed by atoms with Gasteiger partial charge >= 0.3 is 6.03 Å². The smallest absolute Gasteiger partial charge is 0.322 e. The molecule has 3 aromatic carbocycles. The Bertz CT molecular complexity index is 1170. The number of hydrogen-bond acceptors (Lipinski definition) is 3. The van der Waals surface area contributed by atoms with E-state index < -0.39 is 0 Å². The molecular formula is C28H31N3O3. The maximum absolute atomic E-state index is 13.1. The average molecular weight is 458 g/mol. The minimum Gasteiger partial charge on any atom is -0.491 e. The molecule has 0 spiro atoms. The number of nitrogens with zero attached hydrogens (tertiary/aromatic N) is 2. The number of nitrogens with one attached hydrogen (secondary N) is 1. The summed E-state index contributed by atoms with van der Waals surface area (Å²) in [4.78, 5) is 29.0. The van der Waals surface area contributed by atoms with Crippen LogP contribution in [0.5, 0.6) is 5.75 Å². The number of amides is 3. The van der Waals surface area contributed by atoms with E-state index in [1.807, 2.05) is 73.7 Å². The Morgan fingerprint density at radius 3 is 2.56 bits per heavy atom. The van der Waals surface area contributed by atoms with Crippen molar-refractivity contribution >= 4 is 23.3 Å². The van der Waals surface area contributed by atoms with E-state index in [0.29, 0.717) is 26.2 Å². The molecule has 4 rings (SSSR count). The molecule has 0 saturated heterocycles. The van der Waals surface area contributed by atoms with Gasteiger partial charge in [-0.25, -0.2) is 4.79 Å². The summed E-state index contributed by atoms with van der Waals surface area (Å²) in [5, 5.41) is 3.06. The second-order valence-electron chi connectivity index (χ2n) is 8.59. The molecule has 0 unspecified atom stereocenters. The van der Waals surface area contributed by atoms with Crippen molar-refractivity contribution in [1.29, 1.82) is 0 Å². The van der Waals surface area contributed by atoms with E-state index in [9.17, 15) is 9.59 Å². The lowest BCUT2D eigenvalue weighted by molar-refractivity contribution is -0.116. The second-order valence-corrected chi connectivity index (χ2v) is 8.59. The molecule has 1 heterocycles. The van der Waals surface area contributed by atoms with Gasteiger partial charge in [-0.15, -0.1) is 0 Å². The summed E-state index contributed by atoms with van der Waals surface area (Å²) in [6, 6.07) is 21.6. The fourth-order valence-corrected chi connectivity index (χ4v) is 4.16. The quantitative estimate of drug-likeness (QED) is 0.547. The van der Waals surface area contributed by atoms with Crippen molar-refractivity contribution in [3.8, 4) is 5.75 Å². The zero-order valence-corrected chi connectivity index (χ0v) is 20.0. The van der Waals surface area contributed by atoms with E-state index in [0.717, 1.165) is 45.8 Å². The molecule has 0 saturated carbocycles. The van der Waals surface area contributed by atoms with Crippen LogP contribution in [0.1, 0.15) is 36.1 Å². The number of ether oxygens (including phenoxy) is 1. The lowest BCUT2D eigenvalue weighted by Crippen LogP contribution is -2.36. The van der Waals surface area contributed by atoms with Crippen LogP contribution in [-0.4, -0.2) is 30.0 Å². The minimum absolute atomic E-state index is 0.0226. The number of urea groups is 1. The van der Waals surface area contributed by atoms with E-state index in [-0.39, 0.29) is 11.9 Å². The van der Waals surface area contributed by atoms with Crippen molar-refractivity contribution in [3.05, 3.63) is 89.0 Å². The van der Waals surface area contributed by atoms with E-state index in [1.54, 1.807) is 16.7 Å². The number of anilines is 2. The summed E-state index contributed by atoms with van der Waals surface area (Å²) < 4.78 is 5.93. The SMILES string of the molecule is CCc1ccccc1NC(=O)N1CCOc2ccc(CN(C(C)=O)c3ccc(C)cc3)cc2C1. The van der Waals surface area contributed by atoms with Crippen molar-refractivity contribution in [2.45, 2.75) is 40.3 Å². The second kappa shape index (κ2) is 10.4. The van der Waals surface area contributed by atoms with Crippen LogP contribution in [0.4, 0.5) is 16.2 Å². The van der Waals surface area contributed by atoms with Gasteiger partial charge in [0.05, 0.1) is 19.6 Å². The van der Waals surface area contributed by atoms with Crippen LogP contribution in [0.25, 0.3) is 0 Å². The predicted molar refractivity (Wildman–Crippen MR) is 135 cm³/mol. The summed E-state index contributed by atoms with van der Waals surface area (Å²) in [6.07, 6.45) is 0.847. The first-order valence-corrected chi connectivity index (χ1v) is 11.7. The van der Waals surface area contributed by atoms with Crippen molar-refractivity contribution in [2.24, 2.45) is 0 Å². The van der Waals surface area contributed by atoms with E-state index in [4.69, 9.17) is 4.74 Å². The molecule has 3 amide bonds. The third-order valence-electron chi connectivity index (χ3n) is 6.10. The molecule has 1 aliphatic heterocycles. The third-order valence-corrected chi connectivity index (χ3v) is 6.10. The van der Waals surface area contributed by atoms with Gasteiger partial charge in [-0.05, 0) is 54.8 Å². The zero-order valence-electron chi connectivity index (χ0n) is 20.0. The van der Waals surface area contributed by atoms with Crippen LogP contribution in [-0.2, 0) is 24.3 Å². The highest BCUT2D eigenvalue weighted by Gasteiger charge is 2.21. The molecule has 0 aliphatic carbocycles. The van der Waals surface area contributed by atoms with Gasteiger partial charge in [0, 0.05) is 23.9 Å². The number of fused-ring (bicyclic) bond motifs is 1. The molecule has 0 radical (unpaired) electrons. The number of carbonyl (C=O) groups is 2. The summed E-state index contributed by atoms with van der Waals surface area (Å²) in [6.45, 7) is 7.48. The van der Waals surface area contributed by atoms with Crippen LogP contribution >= 0.6 is 0 Å². The van der Waals surface area contributed by atoms with Gasteiger partial charge < -0.3 is 19.9 Å². The fraction of sp³-hybridized carbons (Fsp3) is 0.286. The van der Waals surface area contributed by atoms with Crippen molar-refractivity contribution < 1.29 is 14.3 Å². The third kappa shape index (κ3) is 5.39. The Kier molecular flexibility index (Phi) is 7.16. The molecule has 1 N–H and O–H groups in total. The van der Waals surface area contributed by atoms with Crippen molar-refractivity contribution in [1.82, 2.24) is 4.90 Å². The lowest BCUT2D eigenvalue weighted by Gasteiger charge is -2.23. The molecule has 1 aliphatic rings. The molecule has 0 atom stereocenters. The van der Waals surface area contributed by atoms with Crippen molar-refractivity contribution in [2.75, 3.05) is 23.4 Å². The van der Waals surface area contributed by atoms with Gasteiger partial charge in [0.1, 0.15) is 12.4 Å². The predicted octanol–water partition coefficient (Wildman–Crippen LogP) is 5.54. The van der Waals surface area contributed by atoms with Gasteiger partial charge in [0.15, 0.2) is 0 Å². The Labute approximate surface area is 201 Å². The van der Waals surface area contributed by atoms with Gasteiger partial charge in [0.25, 0.3) is 0 Å². The Balaban J connectivity index is 1.52. The molecule has 0 fully saturated rings. The number of aryl methyl sites for hydroxylation is 2. The largest absolute Gasteiger partial charge is 0.491 e. The summed E-state index contributed by atoms with van der Waals surface area (Å²) >= 11 is 0. The summed E-state index contributed by atoms with van der Waals surface area (Å²) in [5.41, 5.74) is 5.86. The number of hydrogen-bond donors (Lipinski definition) is 1. The highest BCUT2D eigenvalue weighted by molar-refractivity contribution is 5.91. The maximum Gasteiger partial charge on any atom is 0.322 e. The van der Waals surface area contributed by atoms with Gasteiger partial charge in [0.2, 0.25) is 5.91 Å². The first kappa shape index (κ1) is 23.4. The van der Waals surface area contributed by atoms with Gasteiger partial charge in [-0.2, -0.15) is 0 Å². The number of benzene rings is 3. The van der Waals surface area contributed by atoms with Crippen LogP contribution in [0, 0.1) is 6.92 Å². The van der Waals surface area contributed by atoms with Crippen LogP contribution in [0.15, 0.2) is 66.7 Å². The highest BCUT2D eigenvalue weighted by atomic mass is 16.5. The van der Waals surface area contributed by atoms with Crippen LogP contribution in [0.3, 0.4) is 0 Å². The van der Waals surface area contributed by atoms with E-state index >= 15 is 0 Å². The van der Waals surface area contributed by atoms with Crippen molar-refractivity contribution in [3.63, 3.8) is 0 Å². The molecule has 6 nitrogen and oxygen atoms in total. The molecule has 34 heavy (non-hydrogen) atoms. The highest BCUT2D eigenvalue weighted by Crippen LogP contribution is 2.27. The standard InChI is InChI=1S/C28H31N3O3/c1-4-23-7-5-6-8-26(23)29-28(33)30-15-16-34-27-14-11-22(17-24(27)19-30)18-31(21(3)32)25-12-9-20(2)10-13-25/h5-14,17H,4,15-16,18-19H2,1-3H3,(H,29,33). The molecule has 3 aromatic rings. The Morgan fingerprint density at radius 1 is 1.06 bits per heavy atom.